The smallest absolute Gasteiger partial charge is 0.176 e. The number of ketones is 1. The second-order valence-electron chi connectivity index (χ2n) is 3.36. The molecule has 1 aromatic rings. The highest BCUT2D eigenvalue weighted by Gasteiger charge is 2.21. The lowest BCUT2D eigenvalue weighted by Crippen LogP contribution is -2.11. The van der Waals surface area contributed by atoms with E-state index in [-0.39, 0.29) is 11.9 Å². The zero-order valence-electron chi connectivity index (χ0n) is 7.66. The van der Waals surface area contributed by atoms with Gasteiger partial charge < -0.3 is 4.74 Å². The molecule has 1 saturated heterocycles. The lowest BCUT2D eigenvalue weighted by molar-refractivity contribution is 0.0778. The first kappa shape index (κ1) is 10.3. The summed E-state index contributed by atoms with van der Waals surface area (Å²) in [4.78, 5) is 12.6. The fourth-order valence-corrected chi connectivity index (χ4v) is 3.14. The van der Waals surface area contributed by atoms with Crippen molar-refractivity contribution in [2.75, 3.05) is 6.61 Å². The van der Waals surface area contributed by atoms with Crippen molar-refractivity contribution >= 4 is 33.0 Å². The highest BCUT2D eigenvalue weighted by molar-refractivity contribution is 9.10. The van der Waals surface area contributed by atoms with E-state index in [2.05, 4.69) is 15.9 Å². The van der Waals surface area contributed by atoms with E-state index in [4.69, 9.17) is 4.74 Å². The number of ether oxygens (including phenoxy) is 1. The molecule has 2 nitrogen and oxygen atoms in total. The molecule has 0 aliphatic carbocycles. The third kappa shape index (κ3) is 2.24. The van der Waals surface area contributed by atoms with Crippen LogP contribution in [0.3, 0.4) is 0 Å². The van der Waals surface area contributed by atoms with Crippen LogP contribution in [0, 0.1) is 0 Å². The van der Waals surface area contributed by atoms with E-state index < -0.39 is 0 Å². The van der Waals surface area contributed by atoms with Gasteiger partial charge in [-0.15, -0.1) is 11.3 Å². The van der Waals surface area contributed by atoms with Crippen LogP contribution in [-0.4, -0.2) is 18.5 Å². The Morgan fingerprint density at radius 2 is 2.57 bits per heavy atom. The quantitative estimate of drug-likeness (QED) is 0.791. The van der Waals surface area contributed by atoms with Gasteiger partial charge in [0.2, 0.25) is 0 Å². The molecule has 0 bridgehead atoms. The standard InChI is InChI=1S/C10H11BrO2S/c11-8-3-5-14-10(8)9(12)6-7-2-1-4-13-7/h3,5,7H,1-2,4,6H2. The molecule has 4 heteroatoms. The molecule has 1 unspecified atom stereocenters. The van der Waals surface area contributed by atoms with Gasteiger partial charge in [-0.1, -0.05) is 0 Å². The number of hydrogen-bond donors (Lipinski definition) is 0. The van der Waals surface area contributed by atoms with Gasteiger partial charge in [0.15, 0.2) is 5.78 Å². The van der Waals surface area contributed by atoms with E-state index in [1.165, 1.54) is 11.3 Å². The summed E-state index contributed by atoms with van der Waals surface area (Å²) in [5, 5.41) is 1.92. The van der Waals surface area contributed by atoms with Crippen molar-refractivity contribution in [3.05, 3.63) is 20.8 Å². The predicted molar refractivity (Wildman–Crippen MR) is 59.9 cm³/mol. The molecule has 1 atom stereocenters. The van der Waals surface area contributed by atoms with Crippen molar-refractivity contribution in [2.45, 2.75) is 25.4 Å². The van der Waals surface area contributed by atoms with Crippen LogP contribution in [0.4, 0.5) is 0 Å². The van der Waals surface area contributed by atoms with Gasteiger partial charge in [0.05, 0.1) is 11.0 Å². The molecule has 76 valence electrons. The average molecular weight is 275 g/mol. The number of Topliss-reactive ketones (excluding diaryl/α,β-unsaturated/α-hetero) is 1. The zero-order chi connectivity index (χ0) is 9.97. The fourth-order valence-electron chi connectivity index (χ4n) is 1.60. The summed E-state index contributed by atoms with van der Waals surface area (Å²) in [6.07, 6.45) is 2.79. The van der Waals surface area contributed by atoms with Crippen molar-refractivity contribution in [3.63, 3.8) is 0 Å². The summed E-state index contributed by atoms with van der Waals surface area (Å²) < 4.78 is 6.34. The maximum absolute atomic E-state index is 11.8. The van der Waals surface area contributed by atoms with E-state index in [0.29, 0.717) is 6.42 Å². The minimum absolute atomic E-state index is 0.150. The molecule has 1 aliphatic heterocycles. The number of rotatable bonds is 3. The minimum Gasteiger partial charge on any atom is -0.378 e. The number of carbonyl (C=O) groups is 1. The Labute approximate surface area is 95.4 Å². The van der Waals surface area contributed by atoms with E-state index >= 15 is 0 Å². The van der Waals surface area contributed by atoms with Crippen molar-refractivity contribution in [3.8, 4) is 0 Å². The molecule has 1 fully saturated rings. The lowest BCUT2D eigenvalue weighted by Gasteiger charge is -2.06. The Kier molecular flexibility index (Phi) is 3.36. The summed E-state index contributed by atoms with van der Waals surface area (Å²) >= 11 is 4.85. The highest BCUT2D eigenvalue weighted by Crippen LogP contribution is 2.26. The normalized spacial score (nSPS) is 21.4. The number of carbonyl (C=O) groups excluding carboxylic acids is 1. The number of thiophene rings is 1. The first-order valence-corrected chi connectivity index (χ1v) is 6.32. The maximum Gasteiger partial charge on any atom is 0.176 e. The van der Waals surface area contributed by atoms with Crippen molar-refractivity contribution < 1.29 is 9.53 Å². The van der Waals surface area contributed by atoms with Crippen LogP contribution >= 0.6 is 27.3 Å². The Balaban J connectivity index is 1.98. The van der Waals surface area contributed by atoms with Gasteiger partial charge in [0.1, 0.15) is 0 Å². The third-order valence-corrected chi connectivity index (χ3v) is 4.19. The molecule has 0 spiro atoms. The van der Waals surface area contributed by atoms with Gasteiger partial charge >= 0.3 is 0 Å². The molecule has 0 N–H and O–H groups in total. The van der Waals surface area contributed by atoms with Gasteiger partial charge in [0.25, 0.3) is 0 Å². The van der Waals surface area contributed by atoms with Gasteiger partial charge in [-0.25, -0.2) is 0 Å². The number of halogens is 1. The minimum atomic E-state index is 0.150. The largest absolute Gasteiger partial charge is 0.378 e. The Morgan fingerprint density at radius 1 is 1.71 bits per heavy atom. The SMILES string of the molecule is O=C(CC1CCCO1)c1sccc1Br. The van der Waals surface area contributed by atoms with Gasteiger partial charge in [-0.05, 0) is 40.2 Å². The molecular formula is C10H11BrO2S. The molecule has 0 saturated carbocycles. The summed E-state index contributed by atoms with van der Waals surface area (Å²) in [6, 6.07) is 1.91. The first-order valence-electron chi connectivity index (χ1n) is 4.65. The first-order chi connectivity index (χ1) is 6.77. The zero-order valence-corrected chi connectivity index (χ0v) is 10.1. The second kappa shape index (κ2) is 4.55. The molecule has 0 radical (unpaired) electrons. The maximum atomic E-state index is 11.8. The van der Waals surface area contributed by atoms with Crippen LogP contribution in [0.1, 0.15) is 28.9 Å². The summed E-state index contributed by atoms with van der Waals surface area (Å²) in [5.74, 6) is 0.193. The molecule has 0 amide bonds. The Bertz CT molecular complexity index is 329. The van der Waals surface area contributed by atoms with E-state index in [1.54, 1.807) is 0 Å². The van der Waals surface area contributed by atoms with Crippen LogP contribution in [0.25, 0.3) is 0 Å². The Hall–Kier alpha value is -0.190. The predicted octanol–water partition coefficient (Wildman–Crippen LogP) is 3.26. The van der Waals surface area contributed by atoms with Gasteiger partial charge in [-0.2, -0.15) is 0 Å². The molecule has 14 heavy (non-hydrogen) atoms. The summed E-state index contributed by atoms with van der Waals surface area (Å²) in [7, 11) is 0. The third-order valence-electron chi connectivity index (χ3n) is 2.31. The monoisotopic (exact) mass is 274 g/mol. The summed E-state index contributed by atoms with van der Waals surface area (Å²) in [5.41, 5.74) is 0. The van der Waals surface area contributed by atoms with Crippen molar-refractivity contribution in [1.29, 1.82) is 0 Å². The molecule has 2 heterocycles. The average Bonchev–Trinajstić information content (AvgIpc) is 2.75. The molecule has 1 aromatic heterocycles. The molecule has 0 aromatic carbocycles. The molecular weight excluding hydrogens is 264 g/mol. The Morgan fingerprint density at radius 3 is 3.14 bits per heavy atom. The lowest BCUT2D eigenvalue weighted by atomic mass is 10.1. The fraction of sp³-hybridized carbons (Fsp3) is 0.500. The van der Waals surface area contributed by atoms with Crippen molar-refractivity contribution in [2.24, 2.45) is 0 Å². The molecule has 1 aliphatic rings. The molecule has 2 rings (SSSR count). The number of hydrogen-bond acceptors (Lipinski definition) is 3. The van der Waals surface area contributed by atoms with Crippen LogP contribution in [0.5, 0.6) is 0 Å². The van der Waals surface area contributed by atoms with Crippen LogP contribution in [0.2, 0.25) is 0 Å². The van der Waals surface area contributed by atoms with Crippen LogP contribution in [0.15, 0.2) is 15.9 Å². The highest BCUT2D eigenvalue weighted by atomic mass is 79.9. The van der Waals surface area contributed by atoms with Crippen LogP contribution in [-0.2, 0) is 4.74 Å². The second-order valence-corrected chi connectivity index (χ2v) is 5.13. The van der Waals surface area contributed by atoms with Crippen molar-refractivity contribution in [1.82, 2.24) is 0 Å². The van der Waals surface area contributed by atoms with E-state index in [1.807, 2.05) is 11.4 Å². The van der Waals surface area contributed by atoms with E-state index in [0.717, 1.165) is 28.8 Å². The van der Waals surface area contributed by atoms with Gasteiger partial charge in [-0.3, -0.25) is 4.79 Å². The topological polar surface area (TPSA) is 26.3 Å². The van der Waals surface area contributed by atoms with Crippen LogP contribution < -0.4 is 0 Å². The van der Waals surface area contributed by atoms with E-state index in [9.17, 15) is 4.79 Å². The van der Waals surface area contributed by atoms with Gasteiger partial charge in [0, 0.05) is 17.5 Å². The summed E-state index contributed by atoms with van der Waals surface area (Å²) in [6.45, 7) is 0.809.